The second-order valence-electron chi connectivity index (χ2n) is 1.81. The molecule has 0 fully saturated rings. The second-order valence-corrected chi connectivity index (χ2v) is 1.81. The summed E-state index contributed by atoms with van der Waals surface area (Å²) in [5.74, 6) is 0.296. The molecule has 0 bridgehead atoms. The van der Waals surface area contributed by atoms with Crippen molar-refractivity contribution in [2.75, 3.05) is 0 Å². The summed E-state index contributed by atoms with van der Waals surface area (Å²) >= 11 is 0. The van der Waals surface area contributed by atoms with E-state index in [4.69, 9.17) is 5.11 Å². The third-order valence-corrected chi connectivity index (χ3v) is 0.770. The molecule has 2 heteroatoms. The van der Waals surface area contributed by atoms with E-state index >= 15 is 0 Å². The molecule has 1 N–H and O–H groups in total. The molecule has 0 rings (SSSR count). The normalized spacial score (nSPS) is 11.6. The topological polar surface area (TPSA) is 20.2 Å². The third kappa shape index (κ3) is 10.1. The van der Waals surface area contributed by atoms with E-state index in [1.807, 2.05) is 13.8 Å². The number of aliphatic hydroxyl groups excluding tert-OH is 1. The van der Waals surface area contributed by atoms with Crippen molar-refractivity contribution in [1.82, 2.24) is 0 Å². The maximum Gasteiger partial charge on any atom is 0 e. The van der Waals surface area contributed by atoms with E-state index in [-0.39, 0.29) is 40.1 Å². The molecule has 0 aliphatic carbocycles. The Morgan fingerprint density at radius 1 is 1.38 bits per heavy atom. The number of hydrogen-bond donors (Lipinski definition) is 1. The van der Waals surface area contributed by atoms with Gasteiger partial charge in [0.05, 0.1) is 0 Å². The summed E-state index contributed by atoms with van der Waals surface area (Å²) in [6.07, 6.45) is -0.398. The molecule has 1 radical (unpaired) electrons. The van der Waals surface area contributed by atoms with E-state index in [0.29, 0.717) is 5.92 Å². The van der Waals surface area contributed by atoms with Crippen LogP contribution >= 0.6 is 0 Å². The van der Waals surface area contributed by atoms with Gasteiger partial charge in [0.1, 0.15) is 0 Å². The molecule has 0 saturated carbocycles. The molecule has 1 atom stereocenters. The van der Waals surface area contributed by atoms with Crippen LogP contribution < -0.4 is 0 Å². The van der Waals surface area contributed by atoms with Crippen molar-refractivity contribution in [1.29, 1.82) is 0 Å². The van der Waals surface area contributed by atoms with E-state index in [0.717, 1.165) is 0 Å². The molecule has 0 aliphatic heterocycles. The fraction of sp³-hybridized carbons (Fsp3) is 0.667. The summed E-state index contributed by atoms with van der Waals surface area (Å²) in [5.41, 5.74) is 0. The van der Waals surface area contributed by atoms with E-state index in [2.05, 4.69) is 6.92 Å². The van der Waals surface area contributed by atoms with Crippen LogP contribution in [-0.4, -0.2) is 11.2 Å². The molecule has 1 nitrogen and oxygen atoms in total. The quantitative estimate of drug-likeness (QED) is 0.619. The maximum absolute atomic E-state index is 8.52. The van der Waals surface area contributed by atoms with Gasteiger partial charge in [0.15, 0.2) is 0 Å². The van der Waals surface area contributed by atoms with Crippen molar-refractivity contribution in [3.05, 3.63) is 14.4 Å². The smallest absolute Gasteiger partial charge is 0 e. The van der Waals surface area contributed by atoms with Gasteiger partial charge in [-0.05, 0) is 5.92 Å². The minimum atomic E-state index is -0.398. The summed E-state index contributed by atoms with van der Waals surface area (Å²) in [7, 11) is 0. The van der Waals surface area contributed by atoms with E-state index in [1.165, 1.54) is 0 Å². The Morgan fingerprint density at radius 2 is 1.50 bits per heavy atom. The van der Waals surface area contributed by atoms with Crippen molar-refractivity contribution in [3.63, 3.8) is 0 Å². The Balaban J connectivity index is -0.000000125. The van der Waals surface area contributed by atoms with Crippen molar-refractivity contribution >= 4 is 0 Å². The van der Waals surface area contributed by atoms with E-state index < -0.39 is 6.10 Å². The zero-order valence-corrected chi connectivity index (χ0v) is 8.72. The van der Waals surface area contributed by atoms with Crippen LogP contribution in [0.2, 0.25) is 0 Å². The van der Waals surface area contributed by atoms with Gasteiger partial charge in [-0.15, -0.1) is 0 Å². The van der Waals surface area contributed by atoms with Crippen molar-refractivity contribution in [3.8, 4) is 0 Å². The fourth-order valence-corrected chi connectivity index (χ4v) is 0. The fourth-order valence-electron chi connectivity index (χ4n) is 0. The standard InChI is InChI=1S/C5H11O.CH3.Y/c1-4(2)5(3)6;;/h4-6H,3H2,1-2H3;1H3;/q2*-1;. The number of rotatable bonds is 1. The average Bonchev–Trinajstić information content (AvgIpc) is 1.36. The Hall–Kier alpha value is 1.06. The first-order valence-electron chi connectivity index (χ1n) is 2.15. The predicted octanol–water partition coefficient (Wildman–Crippen LogP) is 1.29. The first kappa shape index (κ1) is 16.0. The minimum Gasteiger partial charge on any atom is -0.425 e. The van der Waals surface area contributed by atoms with Gasteiger partial charge in [-0.1, -0.05) is 20.0 Å². The maximum atomic E-state index is 8.52. The van der Waals surface area contributed by atoms with Gasteiger partial charge in [0.2, 0.25) is 0 Å². The molecule has 0 spiro atoms. The Kier molecular flexibility index (Phi) is 16.2. The Bertz CT molecular complexity index is 29.5. The minimum absolute atomic E-state index is 0. The van der Waals surface area contributed by atoms with Gasteiger partial charge in [-0.25, -0.2) is 0 Å². The molecular weight excluding hydrogens is 177 g/mol. The van der Waals surface area contributed by atoms with Crippen LogP contribution in [0.15, 0.2) is 0 Å². The van der Waals surface area contributed by atoms with Crippen LogP contribution in [0.5, 0.6) is 0 Å². The van der Waals surface area contributed by atoms with Gasteiger partial charge in [-0.2, -0.15) is 0 Å². The van der Waals surface area contributed by atoms with Crippen molar-refractivity contribution in [2.45, 2.75) is 20.0 Å². The molecule has 0 aromatic rings. The molecule has 0 heterocycles. The molecule has 0 aliphatic rings. The predicted molar refractivity (Wildman–Crippen MR) is 32.6 cm³/mol. The van der Waals surface area contributed by atoms with E-state index in [1.54, 1.807) is 0 Å². The molecular formula is C6H14OY-2. The largest absolute Gasteiger partial charge is 0.425 e. The van der Waals surface area contributed by atoms with Crippen LogP contribution in [0.25, 0.3) is 0 Å². The van der Waals surface area contributed by atoms with Gasteiger partial charge < -0.3 is 19.5 Å². The third-order valence-electron chi connectivity index (χ3n) is 0.770. The second kappa shape index (κ2) is 8.06. The Labute approximate surface area is 77.7 Å². The SMILES string of the molecule is [CH2-]C(O)C(C)C.[CH3-].[Y]. The monoisotopic (exact) mass is 191 g/mol. The summed E-state index contributed by atoms with van der Waals surface area (Å²) < 4.78 is 0. The van der Waals surface area contributed by atoms with Gasteiger partial charge in [0, 0.05) is 32.7 Å². The molecule has 0 saturated heterocycles. The first-order valence-corrected chi connectivity index (χ1v) is 2.15. The summed E-state index contributed by atoms with van der Waals surface area (Å²) in [6.45, 7) is 7.25. The molecule has 1 unspecified atom stereocenters. The Morgan fingerprint density at radius 3 is 1.50 bits per heavy atom. The molecule has 0 aromatic heterocycles. The van der Waals surface area contributed by atoms with Crippen LogP contribution in [0, 0.1) is 20.3 Å². The van der Waals surface area contributed by atoms with Crippen LogP contribution in [0.1, 0.15) is 13.8 Å². The summed E-state index contributed by atoms with van der Waals surface area (Å²) in [5, 5.41) is 8.52. The molecule has 0 aromatic carbocycles. The van der Waals surface area contributed by atoms with Crippen molar-refractivity contribution < 1.29 is 37.8 Å². The number of hydrogen-bond acceptors (Lipinski definition) is 1. The zero-order valence-electron chi connectivity index (χ0n) is 5.89. The molecule has 8 heavy (non-hydrogen) atoms. The van der Waals surface area contributed by atoms with Crippen LogP contribution in [0.3, 0.4) is 0 Å². The number of aliphatic hydroxyl groups is 1. The molecule has 0 amide bonds. The van der Waals surface area contributed by atoms with Crippen LogP contribution in [-0.2, 0) is 32.7 Å². The zero-order chi connectivity index (χ0) is 5.15. The summed E-state index contributed by atoms with van der Waals surface area (Å²) in [4.78, 5) is 0. The van der Waals surface area contributed by atoms with Gasteiger partial charge >= 0.3 is 0 Å². The average molecular weight is 191 g/mol. The van der Waals surface area contributed by atoms with Gasteiger partial charge in [0.25, 0.3) is 0 Å². The molecule has 49 valence electrons. The summed E-state index contributed by atoms with van der Waals surface area (Å²) in [6, 6.07) is 0. The van der Waals surface area contributed by atoms with Crippen LogP contribution in [0.4, 0.5) is 0 Å². The van der Waals surface area contributed by atoms with E-state index in [9.17, 15) is 0 Å². The first-order chi connectivity index (χ1) is 2.64. The van der Waals surface area contributed by atoms with Crippen molar-refractivity contribution in [2.24, 2.45) is 5.92 Å². The van der Waals surface area contributed by atoms with Gasteiger partial charge in [-0.3, -0.25) is 0 Å².